The van der Waals surface area contributed by atoms with Crippen LogP contribution in [0.1, 0.15) is 0 Å². The molecule has 0 unspecified atom stereocenters. The van der Waals surface area contributed by atoms with Crippen LogP contribution in [0.3, 0.4) is 0 Å². The lowest BCUT2D eigenvalue weighted by Crippen LogP contribution is -2.02. The highest BCUT2D eigenvalue weighted by Gasteiger charge is 1.87. The van der Waals surface area contributed by atoms with Gasteiger partial charge in [-0.05, 0) is 41.7 Å². The first-order valence-electron chi connectivity index (χ1n) is 9.61. The zero-order valence-corrected chi connectivity index (χ0v) is 15.5. The van der Waals surface area contributed by atoms with E-state index in [1.807, 2.05) is 0 Å². The molecule has 7 aliphatic carbocycles. The van der Waals surface area contributed by atoms with E-state index in [4.69, 9.17) is 0 Å². The number of hydrogen-bond acceptors (Lipinski definition) is 0. The number of rotatable bonds is 0. The molecule has 11 rings (SSSR count). The Morgan fingerprint density at radius 3 is 0.571 bits per heavy atom. The van der Waals surface area contributed by atoms with E-state index in [1.165, 1.54) is 41.7 Å². The molecule has 0 aromatic heterocycles. The first-order chi connectivity index (χ1) is 13.8. The van der Waals surface area contributed by atoms with Gasteiger partial charge in [-0.2, -0.15) is 0 Å². The second-order valence-corrected chi connectivity index (χ2v) is 7.15. The summed E-state index contributed by atoms with van der Waals surface area (Å²) in [5, 5.41) is 9.78. The van der Waals surface area contributed by atoms with Crippen LogP contribution in [-0.2, 0) is 0 Å². The molecule has 7 aliphatic rings. The van der Waals surface area contributed by atoms with Crippen LogP contribution in [0.5, 0.6) is 0 Å². The summed E-state index contributed by atoms with van der Waals surface area (Å²) < 4.78 is 0. The normalized spacial score (nSPS) is 12.0. The van der Waals surface area contributed by atoms with Gasteiger partial charge in [0.05, 0.1) is 0 Å². The van der Waals surface area contributed by atoms with Gasteiger partial charge in [0.15, 0.2) is 0 Å². The minimum Gasteiger partial charge on any atom is -0.0544 e. The van der Waals surface area contributed by atoms with Gasteiger partial charge in [-0.25, -0.2) is 0 Å². The molecule has 0 aliphatic heterocycles. The van der Waals surface area contributed by atoms with E-state index in [9.17, 15) is 0 Å². The molecule has 28 heavy (non-hydrogen) atoms. The zero-order chi connectivity index (χ0) is 18.8. The predicted molar refractivity (Wildman–Crippen MR) is 117 cm³/mol. The summed E-state index contributed by atoms with van der Waals surface area (Å²) in [6.07, 6.45) is 8.67. The van der Waals surface area contributed by atoms with Gasteiger partial charge >= 0.3 is 0 Å². The van der Waals surface area contributed by atoms with E-state index in [0.29, 0.717) is 0 Å². The van der Waals surface area contributed by atoms with Crippen molar-refractivity contribution in [2.45, 2.75) is 0 Å². The van der Waals surface area contributed by atoms with Gasteiger partial charge in [0.1, 0.15) is 0 Å². The second kappa shape index (κ2) is 7.17. The molecule has 0 atom stereocenters. The minimum atomic E-state index is 1.21. The monoisotopic (exact) mass is 356 g/mol. The van der Waals surface area contributed by atoms with Gasteiger partial charge in [0.25, 0.3) is 0 Å². The van der Waals surface area contributed by atoms with E-state index < -0.39 is 0 Å². The van der Waals surface area contributed by atoms with Gasteiger partial charge in [0.2, 0.25) is 0 Å². The van der Waals surface area contributed by atoms with Crippen LogP contribution in [0.2, 0.25) is 0 Å². The summed E-state index contributed by atoms with van der Waals surface area (Å²) in [6.45, 7) is 0. The Morgan fingerprint density at radius 1 is 0.214 bits per heavy atom. The second-order valence-electron chi connectivity index (χ2n) is 7.15. The summed E-state index contributed by atoms with van der Waals surface area (Å²) in [7, 11) is 0. The molecule has 4 aromatic carbocycles. The molecule has 8 bridgehead atoms. The molecule has 0 N–H and O–H groups in total. The molecule has 0 heterocycles. The summed E-state index contributed by atoms with van der Waals surface area (Å²) in [5.41, 5.74) is 0. The Morgan fingerprint density at radius 2 is 0.393 bits per heavy atom. The van der Waals surface area contributed by atoms with Gasteiger partial charge in [-0.1, -0.05) is 121 Å². The highest BCUT2D eigenvalue weighted by Crippen LogP contribution is 1.95. The van der Waals surface area contributed by atoms with E-state index in [2.05, 4.69) is 121 Å². The molecule has 4 aromatic rings. The van der Waals surface area contributed by atoms with E-state index in [0.717, 1.165) is 0 Å². The van der Waals surface area contributed by atoms with Gasteiger partial charge in [-0.15, -0.1) is 0 Å². The Bertz CT molecular complexity index is 1270. The third-order valence-electron chi connectivity index (χ3n) is 5.25. The first kappa shape index (κ1) is 16.5. The fourth-order valence-electron chi connectivity index (χ4n) is 3.53. The topological polar surface area (TPSA) is 0 Å². The van der Waals surface area contributed by atoms with Crippen LogP contribution in [0.4, 0.5) is 0 Å². The van der Waals surface area contributed by atoms with Crippen LogP contribution in [0, 0.1) is 20.9 Å². The van der Waals surface area contributed by atoms with Crippen molar-refractivity contribution in [2.24, 2.45) is 0 Å². The Labute approximate surface area is 163 Å². The summed E-state index contributed by atoms with van der Waals surface area (Å²) in [5.74, 6) is 0. The SMILES string of the molecule is C1=c2ccc(cc2)=c2ccc(cc2)=CC=c2ccc(cc2)=c2ccc(cc2)=C1. The number of benzene rings is 4. The van der Waals surface area contributed by atoms with Crippen LogP contribution < -0.4 is 20.9 Å². The molecule has 0 nitrogen and oxygen atoms in total. The molecule has 0 saturated heterocycles. The lowest BCUT2D eigenvalue weighted by Gasteiger charge is -1.93. The Kier molecular flexibility index (Phi) is 4.23. The van der Waals surface area contributed by atoms with Gasteiger partial charge < -0.3 is 0 Å². The van der Waals surface area contributed by atoms with Crippen molar-refractivity contribution in [1.82, 2.24) is 0 Å². The third-order valence-corrected chi connectivity index (χ3v) is 5.25. The van der Waals surface area contributed by atoms with Crippen LogP contribution in [0.25, 0.3) is 24.3 Å². The van der Waals surface area contributed by atoms with Crippen molar-refractivity contribution >= 4 is 24.3 Å². The van der Waals surface area contributed by atoms with E-state index in [1.54, 1.807) is 0 Å². The molecule has 0 fully saturated rings. The highest BCUT2D eigenvalue weighted by atomic mass is 13.9. The third kappa shape index (κ3) is 3.45. The van der Waals surface area contributed by atoms with Crippen LogP contribution in [-0.4, -0.2) is 0 Å². The average molecular weight is 356 g/mol. The maximum atomic E-state index is 2.19. The minimum absolute atomic E-state index is 1.21. The number of hydrogen-bond donors (Lipinski definition) is 0. The molecule has 0 radical (unpaired) electrons. The first-order valence-corrected chi connectivity index (χ1v) is 9.61. The van der Waals surface area contributed by atoms with Crippen LogP contribution in [0.15, 0.2) is 97.1 Å². The maximum absolute atomic E-state index is 2.19. The van der Waals surface area contributed by atoms with Crippen LogP contribution >= 0.6 is 0 Å². The summed E-state index contributed by atoms with van der Waals surface area (Å²) in [6, 6.07) is 34.9. The maximum Gasteiger partial charge on any atom is -0.0184 e. The van der Waals surface area contributed by atoms with Crippen molar-refractivity contribution in [3.63, 3.8) is 0 Å². The standard InChI is InChI=1S/C28H20/c1-2-22-7-15-26(16-8-22)28-19-11-24(12-20-28)4-3-23-9-17-27(18-10-23)25-13-5-21(1)6-14-25/h1-20H. The fraction of sp³-hybridized carbons (Fsp3) is 0. The van der Waals surface area contributed by atoms with Crippen molar-refractivity contribution in [1.29, 1.82) is 0 Å². The molecular formula is C28H20. The van der Waals surface area contributed by atoms with E-state index in [-0.39, 0.29) is 0 Å². The Balaban J connectivity index is 1.85. The lowest BCUT2D eigenvalue weighted by molar-refractivity contribution is 1.44. The molecule has 0 heteroatoms. The molecule has 0 spiro atoms. The molecule has 132 valence electrons. The molecular weight excluding hydrogens is 336 g/mol. The molecule has 0 saturated carbocycles. The molecule has 0 amide bonds. The highest BCUT2D eigenvalue weighted by molar-refractivity contribution is 5.61. The fourth-order valence-corrected chi connectivity index (χ4v) is 3.53. The Hall–Kier alpha value is -3.64. The largest absolute Gasteiger partial charge is 0.0544 e. The van der Waals surface area contributed by atoms with E-state index >= 15 is 0 Å². The van der Waals surface area contributed by atoms with Gasteiger partial charge in [-0.3, -0.25) is 0 Å². The average Bonchev–Trinajstić information content (AvgIpc) is 2.77. The van der Waals surface area contributed by atoms with Crippen molar-refractivity contribution in [3.05, 3.63) is 139 Å². The quantitative estimate of drug-likeness (QED) is 0.454. The predicted octanol–water partition coefficient (Wildman–Crippen LogP) is 3.10. The van der Waals surface area contributed by atoms with Crippen molar-refractivity contribution in [2.75, 3.05) is 0 Å². The van der Waals surface area contributed by atoms with Crippen molar-refractivity contribution in [3.8, 4) is 0 Å². The lowest BCUT2D eigenvalue weighted by atomic mass is 10.1. The summed E-state index contributed by atoms with van der Waals surface area (Å²) in [4.78, 5) is 0. The zero-order valence-electron chi connectivity index (χ0n) is 15.5. The summed E-state index contributed by atoms with van der Waals surface area (Å²) >= 11 is 0. The smallest absolute Gasteiger partial charge is 0.0184 e. The van der Waals surface area contributed by atoms with Crippen molar-refractivity contribution < 1.29 is 0 Å². The van der Waals surface area contributed by atoms with Gasteiger partial charge in [0, 0.05) is 0 Å².